The summed E-state index contributed by atoms with van der Waals surface area (Å²) in [5.74, 6) is 2.85. The molecule has 0 atom stereocenters. The highest BCUT2D eigenvalue weighted by Crippen LogP contribution is 2.28. The summed E-state index contributed by atoms with van der Waals surface area (Å²) in [6, 6.07) is 19.9. The van der Waals surface area contributed by atoms with Crippen molar-refractivity contribution >= 4 is 16.9 Å². The van der Waals surface area contributed by atoms with Crippen molar-refractivity contribution in [3.8, 4) is 17.2 Å². The summed E-state index contributed by atoms with van der Waals surface area (Å²) in [4.78, 5) is 17.2. The number of hydrogen-bond donors (Lipinski definition) is 1. The SMILES string of the molecule is C=CCc1ccc(OCCn2c(CCNC(=O)COc3cc(C)ccc3C)nc3ccccc32)c(OC)c1. The Labute approximate surface area is 224 Å². The topological polar surface area (TPSA) is 74.6 Å². The lowest BCUT2D eigenvalue weighted by atomic mass is 10.1. The molecule has 1 amide bonds. The number of carbonyl (C=O) groups excluding carboxylic acids is 1. The number of para-hydroxylation sites is 2. The molecule has 198 valence electrons. The van der Waals surface area contributed by atoms with Crippen molar-refractivity contribution in [3.63, 3.8) is 0 Å². The van der Waals surface area contributed by atoms with Gasteiger partial charge in [-0.15, -0.1) is 6.58 Å². The van der Waals surface area contributed by atoms with Crippen molar-refractivity contribution < 1.29 is 19.0 Å². The van der Waals surface area contributed by atoms with E-state index in [1.54, 1.807) is 7.11 Å². The van der Waals surface area contributed by atoms with Crippen molar-refractivity contribution in [1.29, 1.82) is 0 Å². The van der Waals surface area contributed by atoms with Crippen LogP contribution in [0, 0.1) is 13.8 Å². The van der Waals surface area contributed by atoms with Crippen LogP contribution < -0.4 is 19.5 Å². The number of methoxy groups -OCH3 is 1. The van der Waals surface area contributed by atoms with Gasteiger partial charge in [0.25, 0.3) is 5.91 Å². The highest BCUT2D eigenvalue weighted by Gasteiger charge is 2.13. The number of aryl methyl sites for hydroxylation is 2. The highest BCUT2D eigenvalue weighted by molar-refractivity contribution is 5.78. The number of rotatable bonds is 13. The van der Waals surface area contributed by atoms with Gasteiger partial charge < -0.3 is 24.1 Å². The molecule has 0 spiro atoms. The summed E-state index contributed by atoms with van der Waals surface area (Å²) in [6.45, 7) is 9.24. The molecule has 0 saturated carbocycles. The predicted octanol–water partition coefficient (Wildman–Crippen LogP) is 5.21. The largest absolute Gasteiger partial charge is 0.493 e. The third kappa shape index (κ3) is 6.73. The van der Waals surface area contributed by atoms with Gasteiger partial charge in [-0.3, -0.25) is 4.79 Å². The highest BCUT2D eigenvalue weighted by atomic mass is 16.5. The van der Waals surface area contributed by atoms with Crippen LogP contribution in [0.25, 0.3) is 11.0 Å². The van der Waals surface area contributed by atoms with Gasteiger partial charge in [0.15, 0.2) is 18.1 Å². The third-order valence-corrected chi connectivity index (χ3v) is 6.29. The van der Waals surface area contributed by atoms with E-state index in [1.165, 1.54) is 0 Å². The predicted molar refractivity (Wildman–Crippen MR) is 150 cm³/mol. The maximum Gasteiger partial charge on any atom is 0.257 e. The summed E-state index contributed by atoms with van der Waals surface area (Å²) in [6.07, 6.45) is 3.22. The quantitative estimate of drug-likeness (QED) is 0.249. The molecule has 38 heavy (non-hydrogen) atoms. The molecule has 0 unspecified atom stereocenters. The first kappa shape index (κ1) is 26.8. The molecule has 1 heterocycles. The van der Waals surface area contributed by atoms with Gasteiger partial charge in [-0.25, -0.2) is 4.98 Å². The lowest BCUT2D eigenvalue weighted by Crippen LogP contribution is -2.31. The number of fused-ring (bicyclic) bond motifs is 1. The van der Waals surface area contributed by atoms with E-state index in [4.69, 9.17) is 19.2 Å². The van der Waals surface area contributed by atoms with Crippen LogP contribution in [0.5, 0.6) is 17.2 Å². The summed E-state index contributed by atoms with van der Waals surface area (Å²) < 4.78 is 19.5. The normalized spacial score (nSPS) is 10.8. The first-order chi connectivity index (χ1) is 18.5. The molecule has 0 bridgehead atoms. The van der Waals surface area contributed by atoms with Gasteiger partial charge in [0.2, 0.25) is 0 Å². The van der Waals surface area contributed by atoms with E-state index in [-0.39, 0.29) is 12.5 Å². The third-order valence-electron chi connectivity index (χ3n) is 6.29. The van der Waals surface area contributed by atoms with Crippen molar-refractivity contribution in [3.05, 3.63) is 95.8 Å². The number of ether oxygens (including phenoxy) is 3. The first-order valence-corrected chi connectivity index (χ1v) is 12.8. The van der Waals surface area contributed by atoms with Crippen LogP contribution in [0.15, 0.2) is 73.3 Å². The average molecular weight is 514 g/mol. The minimum Gasteiger partial charge on any atom is -0.493 e. The molecule has 0 radical (unpaired) electrons. The molecule has 1 aromatic heterocycles. The Morgan fingerprint density at radius 3 is 2.68 bits per heavy atom. The average Bonchev–Trinajstić information content (AvgIpc) is 3.27. The molecular formula is C31H35N3O4. The zero-order valence-electron chi connectivity index (χ0n) is 22.3. The van der Waals surface area contributed by atoms with E-state index in [0.717, 1.165) is 45.7 Å². The first-order valence-electron chi connectivity index (χ1n) is 12.8. The molecular weight excluding hydrogens is 478 g/mol. The Morgan fingerprint density at radius 2 is 1.87 bits per heavy atom. The second kappa shape index (κ2) is 12.8. The molecule has 0 fully saturated rings. The van der Waals surface area contributed by atoms with Crippen LogP contribution in [0.1, 0.15) is 22.5 Å². The maximum absolute atomic E-state index is 12.4. The van der Waals surface area contributed by atoms with E-state index in [9.17, 15) is 4.79 Å². The fourth-order valence-corrected chi connectivity index (χ4v) is 4.31. The van der Waals surface area contributed by atoms with Gasteiger partial charge in [0.05, 0.1) is 24.7 Å². The standard InChI is InChI=1S/C31H35N3O4/c1-5-8-24-13-14-27(29(20-24)36-4)37-18-17-34-26-10-7-6-9-25(26)33-30(34)15-16-32-31(35)21-38-28-19-22(2)11-12-23(28)3/h5-7,9-14,19-20H,1,8,15-18,21H2,2-4H3,(H,32,35). The van der Waals surface area contributed by atoms with Crippen molar-refractivity contribution in [2.45, 2.75) is 33.2 Å². The monoisotopic (exact) mass is 513 g/mol. The molecule has 7 heteroatoms. The number of imidazole rings is 1. The van der Waals surface area contributed by atoms with E-state index < -0.39 is 0 Å². The molecule has 1 N–H and O–H groups in total. The van der Waals surface area contributed by atoms with Crippen molar-refractivity contribution in [2.24, 2.45) is 0 Å². The maximum atomic E-state index is 12.4. The van der Waals surface area contributed by atoms with Crippen LogP contribution in [-0.2, 0) is 24.2 Å². The van der Waals surface area contributed by atoms with Gasteiger partial charge in [0.1, 0.15) is 18.2 Å². The summed E-state index contributed by atoms with van der Waals surface area (Å²) in [7, 11) is 1.64. The summed E-state index contributed by atoms with van der Waals surface area (Å²) in [5.41, 5.74) is 5.16. The fourth-order valence-electron chi connectivity index (χ4n) is 4.31. The summed E-state index contributed by atoms with van der Waals surface area (Å²) >= 11 is 0. The van der Waals surface area contributed by atoms with Gasteiger partial charge in [-0.2, -0.15) is 0 Å². The Morgan fingerprint density at radius 1 is 1.03 bits per heavy atom. The Kier molecular flexibility index (Phi) is 9.03. The number of nitrogens with zero attached hydrogens (tertiary/aromatic N) is 2. The fraction of sp³-hybridized carbons (Fsp3) is 0.290. The number of aromatic nitrogens is 2. The van der Waals surface area contributed by atoms with Gasteiger partial charge in [0, 0.05) is 13.0 Å². The number of allylic oxidation sites excluding steroid dienone is 1. The molecule has 0 aliphatic carbocycles. The van der Waals surface area contributed by atoms with Gasteiger partial charge in [-0.05, 0) is 67.3 Å². The Balaban J connectivity index is 1.36. The molecule has 3 aromatic carbocycles. The number of carbonyl (C=O) groups is 1. The lowest BCUT2D eigenvalue weighted by molar-refractivity contribution is -0.123. The van der Waals surface area contributed by atoms with Gasteiger partial charge >= 0.3 is 0 Å². The molecule has 0 aliphatic heterocycles. The van der Waals surface area contributed by atoms with E-state index in [2.05, 4.69) is 16.5 Å². The van der Waals surface area contributed by atoms with Gasteiger partial charge in [-0.1, -0.05) is 36.4 Å². The zero-order chi connectivity index (χ0) is 26.9. The molecule has 4 rings (SSSR count). The molecule has 4 aromatic rings. The number of nitrogens with one attached hydrogen (secondary N) is 1. The van der Waals surface area contributed by atoms with Crippen molar-refractivity contribution in [2.75, 3.05) is 26.9 Å². The second-order valence-corrected chi connectivity index (χ2v) is 9.15. The molecule has 0 aliphatic rings. The summed E-state index contributed by atoms with van der Waals surface area (Å²) in [5, 5.41) is 2.95. The number of benzene rings is 3. The smallest absolute Gasteiger partial charge is 0.257 e. The van der Waals surface area contributed by atoms with Crippen LogP contribution in [0.2, 0.25) is 0 Å². The minimum absolute atomic E-state index is 0.0258. The molecule has 7 nitrogen and oxygen atoms in total. The van der Waals surface area contributed by atoms with Crippen LogP contribution in [-0.4, -0.2) is 42.3 Å². The van der Waals surface area contributed by atoms with Crippen LogP contribution >= 0.6 is 0 Å². The number of amides is 1. The number of hydrogen-bond acceptors (Lipinski definition) is 5. The minimum atomic E-state index is -0.163. The molecule has 0 saturated heterocycles. The Hall–Kier alpha value is -4.26. The van der Waals surface area contributed by atoms with Crippen LogP contribution in [0.4, 0.5) is 0 Å². The van der Waals surface area contributed by atoms with E-state index in [0.29, 0.717) is 37.6 Å². The second-order valence-electron chi connectivity index (χ2n) is 9.15. The Bertz CT molecular complexity index is 1410. The lowest BCUT2D eigenvalue weighted by Gasteiger charge is -2.14. The van der Waals surface area contributed by atoms with Crippen molar-refractivity contribution in [1.82, 2.24) is 14.9 Å². The zero-order valence-corrected chi connectivity index (χ0v) is 22.3. The van der Waals surface area contributed by atoms with Crippen LogP contribution in [0.3, 0.4) is 0 Å². The van der Waals surface area contributed by atoms with E-state index >= 15 is 0 Å². The van der Waals surface area contributed by atoms with E-state index in [1.807, 2.05) is 80.6 Å².